The molecule has 116 valence electrons. The van der Waals surface area contributed by atoms with E-state index >= 15 is 0 Å². The maximum absolute atomic E-state index is 6.17. The Morgan fingerprint density at radius 3 is 3.00 bits per heavy atom. The predicted molar refractivity (Wildman–Crippen MR) is 91.3 cm³/mol. The molecule has 1 aromatic rings. The fourth-order valence-electron chi connectivity index (χ4n) is 3.63. The van der Waals surface area contributed by atoms with Crippen molar-refractivity contribution in [1.82, 2.24) is 5.32 Å². The van der Waals surface area contributed by atoms with Gasteiger partial charge >= 0.3 is 0 Å². The zero-order valence-electron chi connectivity index (χ0n) is 13.4. The van der Waals surface area contributed by atoms with E-state index in [9.17, 15) is 0 Å². The van der Waals surface area contributed by atoms with Crippen LogP contribution in [0.3, 0.4) is 0 Å². The second-order valence-electron chi connectivity index (χ2n) is 6.86. The quantitative estimate of drug-likeness (QED) is 0.882. The zero-order valence-corrected chi connectivity index (χ0v) is 14.3. The molecule has 1 aliphatic carbocycles. The van der Waals surface area contributed by atoms with E-state index in [0.29, 0.717) is 6.04 Å². The number of fused-ring (bicyclic) bond motifs is 1. The number of nitrogens with one attached hydrogen (secondary N) is 1. The molecule has 0 aromatic heterocycles. The van der Waals surface area contributed by atoms with E-state index in [4.69, 9.17) is 4.74 Å². The van der Waals surface area contributed by atoms with Crippen molar-refractivity contribution in [1.29, 1.82) is 0 Å². The summed E-state index contributed by atoms with van der Waals surface area (Å²) in [5, 5.41) is 4.58. The van der Waals surface area contributed by atoms with Gasteiger partial charge in [-0.15, -0.1) is 0 Å². The molecule has 3 rings (SSSR count). The van der Waals surface area contributed by atoms with Crippen LogP contribution in [-0.4, -0.2) is 22.6 Å². The highest BCUT2D eigenvalue weighted by Gasteiger charge is 2.32. The fraction of sp³-hybridized carbons (Fsp3) is 0.667. The Morgan fingerprint density at radius 2 is 2.19 bits per heavy atom. The summed E-state index contributed by atoms with van der Waals surface area (Å²) in [7, 11) is 0. The second kappa shape index (κ2) is 6.21. The second-order valence-corrected chi connectivity index (χ2v) is 8.37. The molecule has 1 N–H and O–H groups in total. The zero-order chi connectivity index (χ0) is 14.9. The highest BCUT2D eigenvalue weighted by atomic mass is 32.2. The number of hydrogen-bond acceptors (Lipinski definition) is 3. The maximum Gasteiger partial charge on any atom is 0.127 e. The van der Waals surface area contributed by atoms with Crippen LogP contribution in [0, 0.1) is 0 Å². The number of para-hydroxylation sites is 1. The van der Waals surface area contributed by atoms with E-state index in [2.05, 4.69) is 56.0 Å². The molecule has 3 heteroatoms. The maximum atomic E-state index is 6.17. The van der Waals surface area contributed by atoms with Gasteiger partial charge in [-0.05, 0) is 38.0 Å². The molecule has 1 heterocycles. The number of benzene rings is 1. The highest BCUT2D eigenvalue weighted by Crippen LogP contribution is 2.38. The van der Waals surface area contributed by atoms with Gasteiger partial charge in [0.25, 0.3) is 0 Å². The molecular weight excluding hydrogens is 278 g/mol. The summed E-state index contributed by atoms with van der Waals surface area (Å²) in [6, 6.07) is 7.26. The van der Waals surface area contributed by atoms with Crippen molar-refractivity contribution in [3.63, 3.8) is 0 Å². The van der Waals surface area contributed by atoms with Crippen molar-refractivity contribution in [2.75, 3.05) is 5.75 Å². The Kier molecular flexibility index (Phi) is 4.51. The van der Waals surface area contributed by atoms with Crippen molar-refractivity contribution in [3.05, 3.63) is 29.3 Å². The van der Waals surface area contributed by atoms with E-state index < -0.39 is 0 Å². The third kappa shape index (κ3) is 3.40. The summed E-state index contributed by atoms with van der Waals surface area (Å²) in [6.07, 6.45) is 5.07. The minimum absolute atomic E-state index is 0.0492. The minimum Gasteiger partial charge on any atom is -0.487 e. The Bertz CT molecular complexity index is 500. The Hall–Kier alpha value is -0.670. The third-order valence-corrected chi connectivity index (χ3v) is 5.89. The number of rotatable bonds is 5. The first-order valence-corrected chi connectivity index (χ1v) is 9.29. The van der Waals surface area contributed by atoms with Crippen LogP contribution in [-0.2, 0) is 13.0 Å². The molecule has 0 amide bonds. The summed E-state index contributed by atoms with van der Waals surface area (Å²) in [5.74, 6) is 2.36. The van der Waals surface area contributed by atoms with Gasteiger partial charge in [0.15, 0.2) is 0 Å². The van der Waals surface area contributed by atoms with Crippen molar-refractivity contribution in [3.8, 4) is 5.75 Å². The van der Waals surface area contributed by atoms with E-state index in [-0.39, 0.29) is 5.60 Å². The monoisotopic (exact) mass is 305 g/mol. The molecule has 1 aromatic carbocycles. The number of hydrogen-bond donors (Lipinski definition) is 1. The lowest BCUT2D eigenvalue weighted by atomic mass is 10.0. The molecule has 0 spiro atoms. The first kappa shape index (κ1) is 15.2. The average Bonchev–Trinajstić information content (AvgIpc) is 2.99. The normalized spacial score (nSPS) is 26.6. The topological polar surface area (TPSA) is 21.3 Å². The van der Waals surface area contributed by atoms with Gasteiger partial charge in [0.05, 0.1) is 0 Å². The fourth-order valence-corrected chi connectivity index (χ4v) is 4.86. The molecule has 2 nitrogen and oxygen atoms in total. The Morgan fingerprint density at radius 1 is 1.33 bits per heavy atom. The lowest BCUT2D eigenvalue weighted by molar-refractivity contribution is 0.137. The number of ether oxygens (including phenoxy) is 1. The molecule has 0 radical (unpaired) electrons. The van der Waals surface area contributed by atoms with Gasteiger partial charge in [-0.2, -0.15) is 11.8 Å². The van der Waals surface area contributed by atoms with E-state index in [1.807, 2.05) is 0 Å². The predicted octanol–water partition coefficient (Wildman–Crippen LogP) is 4.16. The van der Waals surface area contributed by atoms with Crippen molar-refractivity contribution in [2.45, 2.75) is 69.9 Å². The molecule has 2 unspecified atom stereocenters. The summed E-state index contributed by atoms with van der Waals surface area (Å²) in [4.78, 5) is 0. The van der Waals surface area contributed by atoms with Crippen molar-refractivity contribution >= 4 is 11.8 Å². The summed E-state index contributed by atoms with van der Waals surface area (Å²) in [5.41, 5.74) is 2.64. The first-order valence-electron chi connectivity index (χ1n) is 8.24. The van der Waals surface area contributed by atoms with Gasteiger partial charge in [-0.3, -0.25) is 0 Å². The minimum atomic E-state index is -0.0492. The average molecular weight is 305 g/mol. The lowest BCUT2D eigenvalue weighted by Crippen LogP contribution is -2.34. The first-order chi connectivity index (χ1) is 10.1. The number of thioether (sulfide) groups is 1. The molecule has 21 heavy (non-hydrogen) atoms. The molecule has 0 saturated heterocycles. The van der Waals surface area contributed by atoms with Gasteiger partial charge in [-0.1, -0.05) is 31.5 Å². The van der Waals surface area contributed by atoms with Gasteiger partial charge < -0.3 is 10.1 Å². The van der Waals surface area contributed by atoms with Gasteiger partial charge in [0.1, 0.15) is 11.4 Å². The van der Waals surface area contributed by atoms with Crippen LogP contribution < -0.4 is 10.1 Å². The van der Waals surface area contributed by atoms with Crippen LogP contribution in [0.5, 0.6) is 5.75 Å². The van der Waals surface area contributed by atoms with Crippen LogP contribution in [0.1, 0.15) is 51.2 Å². The molecule has 0 bridgehead atoms. The van der Waals surface area contributed by atoms with Gasteiger partial charge in [0, 0.05) is 29.8 Å². The molecule has 1 saturated carbocycles. The van der Waals surface area contributed by atoms with Gasteiger partial charge in [0.2, 0.25) is 0 Å². The Labute approximate surface area is 133 Å². The van der Waals surface area contributed by atoms with E-state index in [1.165, 1.54) is 36.1 Å². The standard InChI is InChI=1S/C18H27NOS/c1-4-21-16-10-6-9-15(16)19-12-14-8-5-7-13-11-18(2,3)20-17(13)14/h5,7-8,15-16,19H,4,6,9-12H2,1-3H3. The van der Waals surface area contributed by atoms with Crippen LogP contribution in [0.4, 0.5) is 0 Å². The van der Waals surface area contributed by atoms with Crippen LogP contribution in [0.15, 0.2) is 18.2 Å². The summed E-state index contributed by atoms with van der Waals surface area (Å²) >= 11 is 2.11. The smallest absolute Gasteiger partial charge is 0.127 e. The van der Waals surface area contributed by atoms with E-state index in [0.717, 1.165) is 24.0 Å². The van der Waals surface area contributed by atoms with Crippen LogP contribution in [0.25, 0.3) is 0 Å². The Balaban J connectivity index is 1.66. The molecule has 1 fully saturated rings. The van der Waals surface area contributed by atoms with Crippen molar-refractivity contribution in [2.24, 2.45) is 0 Å². The van der Waals surface area contributed by atoms with Gasteiger partial charge in [-0.25, -0.2) is 0 Å². The SMILES string of the molecule is CCSC1CCCC1NCc1cccc2c1OC(C)(C)C2. The largest absolute Gasteiger partial charge is 0.487 e. The van der Waals surface area contributed by atoms with Crippen LogP contribution >= 0.6 is 11.8 Å². The molecule has 2 aliphatic rings. The molecular formula is C18H27NOS. The third-order valence-electron chi connectivity index (χ3n) is 4.56. The van der Waals surface area contributed by atoms with Crippen molar-refractivity contribution < 1.29 is 4.74 Å². The lowest BCUT2D eigenvalue weighted by Gasteiger charge is -2.22. The highest BCUT2D eigenvalue weighted by molar-refractivity contribution is 7.99. The summed E-state index contributed by atoms with van der Waals surface area (Å²) < 4.78 is 6.17. The molecule has 1 aliphatic heterocycles. The summed E-state index contributed by atoms with van der Waals surface area (Å²) in [6.45, 7) is 7.55. The molecule has 2 atom stereocenters. The van der Waals surface area contributed by atoms with Crippen LogP contribution in [0.2, 0.25) is 0 Å². The van der Waals surface area contributed by atoms with E-state index in [1.54, 1.807) is 0 Å².